The van der Waals surface area contributed by atoms with Crippen molar-refractivity contribution in [1.82, 2.24) is 0 Å². The minimum atomic E-state index is -2.11. The number of hydrogen-bond acceptors (Lipinski definition) is 5. The largest absolute Gasteiger partial charge is 1.00 e. The maximum Gasteiger partial charge on any atom is 1.00 e. The Bertz CT molecular complexity index is 301. The molecule has 0 unspecified atom stereocenters. The topological polar surface area (TPSA) is 100 Å². The van der Waals surface area contributed by atoms with Crippen LogP contribution in [-0.2, 0) is 9.59 Å². The van der Waals surface area contributed by atoms with Gasteiger partial charge in [0.2, 0.25) is 0 Å². The molecule has 0 aromatic carbocycles. The molecular weight excluding hydrogens is 246 g/mol. The van der Waals surface area contributed by atoms with Crippen molar-refractivity contribution >= 4 is 11.9 Å². The Balaban J connectivity index is 0. The number of carboxylic acid groups (broad SMARTS) is 2. The summed E-state index contributed by atoms with van der Waals surface area (Å²) in [6, 6.07) is 0. The fraction of sp³-hybridized carbons (Fsp3) is 0.800. The maximum absolute atomic E-state index is 11.0. The number of carbonyl (C=O) groups excluding carboxylic acids is 2. The number of carbonyl (C=O) groups is 2. The Morgan fingerprint density at radius 1 is 1.00 bits per heavy atom. The summed E-state index contributed by atoms with van der Waals surface area (Å²) in [4.78, 5) is 21.9. The van der Waals surface area contributed by atoms with Crippen molar-refractivity contribution in [2.24, 2.45) is 10.8 Å². The van der Waals surface area contributed by atoms with Crippen molar-refractivity contribution < 1.29 is 84.0 Å². The Labute approximate surface area is 145 Å². The van der Waals surface area contributed by atoms with Gasteiger partial charge in [-0.15, -0.1) is 0 Å². The predicted octanol–water partition coefficient (Wildman–Crippen LogP) is -7.95. The third-order valence-electron chi connectivity index (χ3n) is 4.19. The summed E-state index contributed by atoms with van der Waals surface area (Å²) >= 11 is 0. The van der Waals surface area contributed by atoms with Gasteiger partial charge in [-0.25, -0.2) is 0 Å². The van der Waals surface area contributed by atoms with Gasteiger partial charge >= 0.3 is 59.1 Å². The van der Waals surface area contributed by atoms with Crippen molar-refractivity contribution in [2.75, 3.05) is 0 Å². The van der Waals surface area contributed by atoms with Gasteiger partial charge in [0.1, 0.15) is 5.60 Å². The number of rotatable bonds is 2. The minimum absolute atomic E-state index is 0. The van der Waals surface area contributed by atoms with Gasteiger partial charge < -0.3 is 24.9 Å². The normalized spacial score (nSPS) is 34.4. The summed E-state index contributed by atoms with van der Waals surface area (Å²) in [5.74, 6) is -2.97. The van der Waals surface area contributed by atoms with Crippen LogP contribution in [0.2, 0.25) is 0 Å². The molecular formula is C10H14Na2O5. The van der Waals surface area contributed by atoms with Crippen molar-refractivity contribution in [3.63, 3.8) is 0 Å². The van der Waals surface area contributed by atoms with E-state index in [1.54, 1.807) is 0 Å². The summed E-state index contributed by atoms with van der Waals surface area (Å²) < 4.78 is 0. The van der Waals surface area contributed by atoms with Crippen LogP contribution in [-0.4, -0.2) is 22.6 Å². The van der Waals surface area contributed by atoms with Crippen LogP contribution < -0.4 is 69.3 Å². The van der Waals surface area contributed by atoms with Gasteiger partial charge in [0.05, 0.1) is 5.97 Å². The van der Waals surface area contributed by atoms with Crippen molar-refractivity contribution in [3.05, 3.63) is 0 Å². The van der Waals surface area contributed by atoms with Gasteiger partial charge in [-0.2, -0.15) is 0 Å². The first-order chi connectivity index (χ1) is 6.59. The summed E-state index contributed by atoms with van der Waals surface area (Å²) in [6.45, 7) is 4.21. The molecule has 1 N–H and O–H groups in total. The molecule has 7 heteroatoms. The number of hydrogen-bond donors (Lipinski definition) is 1. The molecule has 0 spiro atoms. The smallest absolute Gasteiger partial charge is 0.550 e. The zero-order valence-corrected chi connectivity index (χ0v) is 15.0. The fourth-order valence-electron chi connectivity index (χ4n) is 2.23. The van der Waals surface area contributed by atoms with Crippen LogP contribution in [0.4, 0.5) is 0 Å². The molecule has 0 aromatic rings. The first-order valence-corrected chi connectivity index (χ1v) is 4.75. The van der Waals surface area contributed by atoms with E-state index in [0.29, 0.717) is 0 Å². The van der Waals surface area contributed by atoms with E-state index in [9.17, 15) is 24.9 Å². The maximum atomic E-state index is 11.0. The molecule has 2 atom stereocenters. The third kappa shape index (κ3) is 2.61. The first kappa shape index (κ1) is 20.2. The van der Waals surface area contributed by atoms with E-state index in [1.165, 1.54) is 20.8 Å². The Morgan fingerprint density at radius 3 is 1.59 bits per heavy atom. The van der Waals surface area contributed by atoms with Crippen molar-refractivity contribution in [1.29, 1.82) is 0 Å². The van der Waals surface area contributed by atoms with Crippen LogP contribution in [0.5, 0.6) is 0 Å². The van der Waals surface area contributed by atoms with Gasteiger partial charge in [-0.05, 0) is 12.8 Å². The van der Waals surface area contributed by atoms with E-state index in [1.807, 2.05) is 0 Å². The molecule has 5 nitrogen and oxygen atoms in total. The SMILES string of the molecule is CC1(C)[C@@](C)(C(=O)[O-])CC[C@]1(O)C(=O)[O-].[Na+].[Na+]. The molecule has 1 aliphatic rings. The fourth-order valence-corrected chi connectivity index (χ4v) is 2.23. The van der Waals surface area contributed by atoms with Crippen molar-refractivity contribution in [3.8, 4) is 0 Å². The Kier molecular flexibility index (Phi) is 7.02. The van der Waals surface area contributed by atoms with Crippen molar-refractivity contribution in [2.45, 2.75) is 39.2 Å². The molecule has 17 heavy (non-hydrogen) atoms. The first-order valence-electron chi connectivity index (χ1n) is 4.75. The second kappa shape index (κ2) is 5.90. The molecule has 0 radical (unpaired) electrons. The van der Waals surface area contributed by atoms with E-state index in [2.05, 4.69) is 0 Å². The monoisotopic (exact) mass is 260 g/mol. The molecule has 0 bridgehead atoms. The second-order valence-corrected chi connectivity index (χ2v) is 4.89. The molecule has 1 saturated carbocycles. The van der Waals surface area contributed by atoms with Crippen LogP contribution >= 0.6 is 0 Å². The minimum Gasteiger partial charge on any atom is -0.550 e. The zero-order chi connectivity index (χ0) is 12.1. The quantitative estimate of drug-likeness (QED) is 0.497. The molecule has 0 saturated heterocycles. The standard InChI is InChI=1S/C10H16O5.2Na/c1-8(2)9(3,6(11)12)4-5-10(8,15)7(13)14;;/h15H,4-5H2,1-3H3,(H,11,12)(H,13,14);;/q;2*+1/p-2/t9-,10+;;/m1../s1. The van der Waals surface area contributed by atoms with Gasteiger partial charge in [0.15, 0.2) is 0 Å². The Morgan fingerprint density at radius 2 is 1.41 bits per heavy atom. The van der Waals surface area contributed by atoms with E-state index in [0.717, 1.165) is 0 Å². The van der Waals surface area contributed by atoms with Crippen LogP contribution in [0.25, 0.3) is 0 Å². The average molecular weight is 260 g/mol. The summed E-state index contributed by atoms with van der Waals surface area (Å²) in [7, 11) is 0. The number of aliphatic hydroxyl groups is 1. The number of aliphatic carboxylic acids is 2. The molecule has 0 aliphatic heterocycles. The number of carboxylic acids is 2. The molecule has 0 amide bonds. The van der Waals surface area contributed by atoms with E-state index >= 15 is 0 Å². The predicted molar refractivity (Wildman–Crippen MR) is 46.1 cm³/mol. The van der Waals surface area contributed by atoms with E-state index in [-0.39, 0.29) is 72.0 Å². The van der Waals surface area contributed by atoms with E-state index < -0.39 is 28.4 Å². The van der Waals surface area contributed by atoms with Gasteiger partial charge in [-0.1, -0.05) is 20.8 Å². The van der Waals surface area contributed by atoms with Crippen LogP contribution in [0.1, 0.15) is 33.6 Å². The zero-order valence-electron chi connectivity index (χ0n) is 11.0. The molecule has 1 aliphatic carbocycles. The third-order valence-corrected chi connectivity index (χ3v) is 4.19. The van der Waals surface area contributed by atoms with Crippen LogP contribution in [0, 0.1) is 10.8 Å². The van der Waals surface area contributed by atoms with E-state index in [4.69, 9.17) is 0 Å². The van der Waals surface area contributed by atoms with Gasteiger partial charge in [-0.3, -0.25) is 0 Å². The molecule has 1 rings (SSSR count). The molecule has 0 heterocycles. The Hall–Kier alpha value is 0.900. The molecule has 0 aromatic heterocycles. The molecule has 86 valence electrons. The van der Waals surface area contributed by atoms with Gasteiger partial charge in [0, 0.05) is 16.8 Å². The van der Waals surface area contributed by atoms with Gasteiger partial charge in [0.25, 0.3) is 0 Å². The molecule has 1 fully saturated rings. The summed E-state index contributed by atoms with van der Waals surface area (Å²) in [6.07, 6.45) is -0.0698. The summed E-state index contributed by atoms with van der Waals surface area (Å²) in [5, 5.41) is 31.8. The van der Waals surface area contributed by atoms with Crippen LogP contribution in [0.3, 0.4) is 0 Å². The second-order valence-electron chi connectivity index (χ2n) is 4.89. The van der Waals surface area contributed by atoms with Crippen LogP contribution in [0.15, 0.2) is 0 Å². The average Bonchev–Trinajstić information content (AvgIpc) is 2.28. The summed E-state index contributed by atoms with van der Waals surface area (Å²) in [5.41, 5.74) is -4.79.